The van der Waals surface area contributed by atoms with Crippen LogP contribution in [0.25, 0.3) is 0 Å². The number of hydrogen-bond acceptors (Lipinski definition) is 4. The Morgan fingerprint density at radius 2 is 1.31 bits per heavy atom. The molecule has 1 saturated carbocycles. The summed E-state index contributed by atoms with van der Waals surface area (Å²) in [5.41, 5.74) is -2.72. The van der Waals surface area contributed by atoms with Gasteiger partial charge in [-0.3, -0.25) is 9.59 Å². The molecule has 2 aromatic rings. The van der Waals surface area contributed by atoms with Gasteiger partial charge in [-0.1, -0.05) is 12.8 Å². The lowest BCUT2D eigenvalue weighted by Crippen LogP contribution is -2.34. The molecular weight excluding hydrogens is 483 g/mol. The lowest BCUT2D eigenvalue weighted by atomic mass is 10.0. The number of alkyl halides is 6. The molecule has 0 saturated heterocycles. The minimum absolute atomic E-state index is 0.0549. The normalized spacial score (nSPS) is 14.3. The molecule has 11 heteroatoms. The number of aliphatic hydroxyl groups excluding tert-OH is 1. The third-order valence-corrected chi connectivity index (χ3v) is 5.60. The van der Waals surface area contributed by atoms with E-state index >= 15 is 0 Å². The summed E-state index contributed by atoms with van der Waals surface area (Å²) in [5, 5.41) is 9.49. The number of carbonyl (C=O) groups excluding carboxylic acids is 2. The van der Waals surface area contributed by atoms with Gasteiger partial charge in [0.1, 0.15) is 12.5 Å². The molecule has 0 bridgehead atoms. The Bertz CT molecular complexity index is 1060. The Balaban J connectivity index is 0.000000269. The topological polar surface area (TPSA) is 57.6 Å². The minimum Gasteiger partial charge on any atom is -0.376 e. The van der Waals surface area contributed by atoms with Crippen molar-refractivity contribution in [3.8, 4) is 0 Å². The van der Waals surface area contributed by atoms with Gasteiger partial charge in [0.05, 0.1) is 11.1 Å². The first-order chi connectivity index (χ1) is 16.2. The van der Waals surface area contributed by atoms with Crippen LogP contribution >= 0.6 is 0 Å². The van der Waals surface area contributed by atoms with Crippen LogP contribution in [0.15, 0.2) is 36.4 Å². The first-order valence-electron chi connectivity index (χ1n) is 10.6. The van der Waals surface area contributed by atoms with E-state index in [1.807, 2.05) is 0 Å². The van der Waals surface area contributed by atoms with E-state index in [9.17, 15) is 45.4 Å². The van der Waals surface area contributed by atoms with Crippen molar-refractivity contribution in [1.82, 2.24) is 0 Å². The van der Waals surface area contributed by atoms with E-state index in [1.165, 1.54) is 12.1 Å². The van der Waals surface area contributed by atoms with Crippen LogP contribution in [0.1, 0.15) is 71.4 Å². The second kappa shape index (κ2) is 11.2. The largest absolute Gasteiger partial charge is 0.417 e. The maximum absolute atomic E-state index is 13.1. The first kappa shape index (κ1) is 28.3. The van der Waals surface area contributed by atoms with E-state index in [-0.39, 0.29) is 18.3 Å². The highest BCUT2D eigenvalue weighted by atomic mass is 19.4. The molecule has 1 N–H and O–H groups in total. The quantitative estimate of drug-likeness (QED) is 0.280. The van der Waals surface area contributed by atoms with Gasteiger partial charge in [0.2, 0.25) is 0 Å². The summed E-state index contributed by atoms with van der Waals surface area (Å²) in [4.78, 5) is 23.7. The van der Waals surface area contributed by atoms with E-state index < -0.39 is 46.4 Å². The number of hydrogen-bond donors (Lipinski definition) is 1. The van der Waals surface area contributed by atoms with Crippen LogP contribution < -0.4 is 4.90 Å². The summed E-state index contributed by atoms with van der Waals surface area (Å²) >= 11 is 0. The molecule has 35 heavy (non-hydrogen) atoms. The zero-order valence-electron chi connectivity index (χ0n) is 18.9. The lowest BCUT2D eigenvalue weighted by molar-refractivity contribution is -0.138. The van der Waals surface area contributed by atoms with Crippen LogP contribution in [-0.2, 0) is 12.4 Å². The molecule has 0 unspecified atom stereocenters. The molecule has 0 radical (unpaired) electrons. The zero-order valence-corrected chi connectivity index (χ0v) is 18.9. The van der Waals surface area contributed by atoms with Crippen LogP contribution in [0, 0.1) is 5.82 Å². The number of benzene rings is 2. The van der Waals surface area contributed by atoms with E-state index in [2.05, 4.69) is 0 Å². The molecule has 2 aromatic carbocycles. The minimum atomic E-state index is -4.71. The number of nitrogens with zero attached hydrogens (tertiary/aromatic N) is 1. The van der Waals surface area contributed by atoms with Gasteiger partial charge in [0, 0.05) is 22.9 Å². The van der Waals surface area contributed by atoms with Crippen LogP contribution in [0.5, 0.6) is 0 Å². The molecule has 0 heterocycles. The Morgan fingerprint density at radius 1 is 0.857 bits per heavy atom. The smallest absolute Gasteiger partial charge is 0.376 e. The third kappa shape index (κ3) is 7.27. The summed E-state index contributed by atoms with van der Waals surface area (Å²) in [7, 11) is 0. The average molecular weight is 507 g/mol. The average Bonchev–Trinajstić information content (AvgIpc) is 3.27. The molecule has 3 rings (SSSR count). The Kier molecular flexibility index (Phi) is 9.05. The maximum Gasteiger partial charge on any atom is 0.417 e. The zero-order chi connectivity index (χ0) is 26.6. The predicted octanol–water partition coefficient (Wildman–Crippen LogP) is 6.65. The number of aliphatic hydroxyl groups is 1. The molecule has 1 aliphatic rings. The summed E-state index contributed by atoms with van der Waals surface area (Å²) in [6.07, 6.45) is -5.55. The van der Waals surface area contributed by atoms with Crippen LogP contribution in [0.4, 0.5) is 36.4 Å². The van der Waals surface area contributed by atoms with Crippen molar-refractivity contribution in [3.05, 3.63) is 64.5 Å². The fourth-order valence-corrected chi connectivity index (χ4v) is 3.93. The van der Waals surface area contributed by atoms with Crippen molar-refractivity contribution < 1.29 is 45.4 Å². The van der Waals surface area contributed by atoms with Crippen molar-refractivity contribution in [2.24, 2.45) is 0 Å². The van der Waals surface area contributed by atoms with Gasteiger partial charge in [0.15, 0.2) is 11.6 Å². The van der Waals surface area contributed by atoms with Crippen molar-refractivity contribution in [2.75, 3.05) is 11.6 Å². The van der Waals surface area contributed by atoms with E-state index in [0.29, 0.717) is 11.8 Å². The molecule has 1 fully saturated rings. The van der Waals surface area contributed by atoms with E-state index in [4.69, 9.17) is 0 Å². The number of anilines is 1. The van der Waals surface area contributed by atoms with Gasteiger partial charge < -0.3 is 10.0 Å². The molecule has 0 aromatic heterocycles. The van der Waals surface area contributed by atoms with Crippen LogP contribution in [0.2, 0.25) is 0 Å². The van der Waals surface area contributed by atoms with Gasteiger partial charge in [-0.2, -0.15) is 26.3 Å². The summed E-state index contributed by atoms with van der Waals surface area (Å²) < 4.78 is 88.6. The Hall–Kier alpha value is -2.95. The SMILES string of the molecule is CC(=O)c1ccc(F)cc1C(F)(F)F.CC(=O)c1ccc(N(CO)C2CCCC2)cc1C(F)(F)F. The highest BCUT2D eigenvalue weighted by molar-refractivity contribution is 5.96. The number of halogens is 7. The van der Waals surface area contributed by atoms with Crippen molar-refractivity contribution in [3.63, 3.8) is 0 Å². The predicted molar refractivity (Wildman–Crippen MR) is 115 cm³/mol. The molecule has 0 aliphatic heterocycles. The Labute approximate surface area is 197 Å². The molecule has 192 valence electrons. The van der Waals surface area contributed by atoms with Gasteiger partial charge in [0.25, 0.3) is 0 Å². The van der Waals surface area contributed by atoms with Crippen molar-refractivity contribution >= 4 is 17.3 Å². The van der Waals surface area contributed by atoms with E-state index in [0.717, 1.165) is 57.7 Å². The van der Waals surface area contributed by atoms with Gasteiger partial charge in [-0.05, 0) is 63.1 Å². The Morgan fingerprint density at radius 3 is 1.74 bits per heavy atom. The summed E-state index contributed by atoms with van der Waals surface area (Å²) in [6.45, 7) is 1.79. The molecule has 1 aliphatic carbocycles. The van der Waals surface area contributed by atoms with Gasteiger partial charge in [-0.15, -0.1) is 0 Å². The fourth-order valence-electron chi connectivity index (χ4n) is 3.93. The number of carbonyl (C=O) groups is 2. The van der Waals surface area contributed by atoms with Gasteiger partial charge in [-0.25, -0.2) is 4.39 Å². The molecule has 4 nitrogen and oxygen atoms in total. The molecular formula is C24H24F7NO3. The van der Waals surface area contributed by atoms with Gasteiger partial charge >= 0.3 is 12.4 Å². The first-order valence-corrected chi connectivity index (χ1v) is 10.6. The van der Waals surface area contributed by atoms with Crippen LogP contribution in [0.3, 0.4) is 0 Å². The van der Waals surface area contributed by atoms with Crippen molar-refractivity contribution in [1.29, 1.82) is 0 Å². The second-order valence-electron chi connectivity index (χ2n) is 8.08. The van der Waals surface area contributed by atoms with Crippen LogP contribution in [-0.4, -0.2) is 29.4 Å². The number of Topliss-reactive ketones (excluding diaryl/α,β-unsaturated/α-hetero) is 2. The standard InChI is InChI=1S/C15H18F3NO2.C9H6F4O/c1-10(21)13-7-6-12(8-14(13)15(16,17)18)19(9-20)11-4-2-3-5-11;1-5(14)7-3-2-6(10)4-8(7)9(11,12)13/h6-8,11,20H,2-5,9H2,1H3;2-4H,1H3. The maximum atomic E-state index is 13.1. The number of ketones is 2. The fraction of sp³-hybridized carbons (Fsp3) is 0.417. The molecule has 0 spiro atoms. The van der Waals surface area contributed by atoms with Crippen molar-refractivity contribution in [2.45, 2.75) is 57.9 Å². The highest BCUT2D eigenvalue weighted by Crippen LogP contribution is 2.37. The monoisotopic (exact) mass is 507 g/mol. The van der Waals surface area contributed by atoms with E-state index in [1.54, 1.807) is 4.90 Å². The summed E-state index contributed by atoms with van der Waals surface area (Å²) in [6, 6.07) is 5.66. The third-order valence-electron chi connectivity index (χ3n) is 5.60. The lowest BCUT2D eigenvalue weighted by Gasteiger charge is -2.29. The molecule has 0 atom stereocenters. The molecule has 0 amide bonds. The second-order valence-corrected chi connectivity index (χ2v) is 8.08. The number of rotatable bonds is 5. The summed E-state index contributed by atoms with van der Waals surface area (Å²) in [5.74, 6) is -2.37. The highest BCUT2D eigenvalue weighted by Gasteiger charge is 2.36.